The Morgan fingerprint density at radius 1 is 1.33 bits per heavy atom. The summed E-state index contributed by atoms with van der Waals surface area (Å²) in [5, 5.41) is 2.51. The van der Waals surface area contributed by atoms with E-state index in [0.717, 1.165) is 4.35 Å². The summed E-state index contributed by atoms with van der Waals surface area (Å²) in [5.74, 6) is -0.122. The van der Waals surface area contributed by atoms with Gasteiger partial charge in [0.2, 0.25) is 0 Å². The van der Waals surface area contributed by atoms with Gasteiger partial charge in [0.25, 0.3) is 0 Å². The molecule has 0 aliphatic heterocycles. The van der Waals surface area contributed by atoms with Crippen molar-refractivity contribution < 1.29 is 8.53 Å². The quantitative estimate of drug-likeness (QED) is 0.703. The van der Waals surface area contributed by atoms with Gasteiger partial charge in [0.15, 0.2) is 0 Å². The molecule has 0 aliphatic rings. The molecule has 1 aromatic carbocycles. The first-order valence-electron chi connectivity index (χ1n) is 3.43. The molecule has 0 unspecified atom stereocenters. The molecule has 0 atom stereocenters. The fourth-order valence-corrected chi connectivity index (χ4v) is 1.39. The van der Waals surface area contributed by atoms with Crippen molar-refractivity contribution >= 4 is 25.9 Å². The van der Waals surface area contributed by atoms with E-state index >= 15 is 0 Å². The van der Waals surface area contributed by atoms with Gasteiger partial charge in [0.05, 0.1) is 0 Å². The van der Waals surface area contributed by atoms with Gasteiger partial charge in [-0.2, -0.15) is 0 Å². The van der Waals surface area contributed by atoms with Crippen LogP contribution >= 0.6 is 0 Å². The second kappa shape index (κ2) is 4.17. The zero-order valence-electron chi connectivity index (χ0n) is 6.57. The summed E-state index contributed by atoms with van der Waals surface area (Å²) in [6.07, 6.45) is 0. The van der Waals surface area contributed by atoms with Crippen molar-refractivity contribution in [2.75, 3.05) is 7.05 Å². The molecule has 0 aliphatic carbocycles. The Kier molecular flexibility index (Phi) is 3.17. The van der Waals surface area contributed by atoms with E-state index in [1.807, 2.05) is 0 Å². The molecule has 0 aromatic heterocycles. The van der Waals surface area contributed by atoms with Crippen LogP contribution in [0.1, 0.15) is 10.4 Å². The summed E-state index contributed by atoms with van der Waals surface area (Å²) in [5.41, 5.74) is 0.593. The summed E-state index contributed by atoms with van der Waals surface area (Å²) in [4.78, 5) is 11.0. The zero-order chi connectivity index (χ0) is 8.97. The van der Waals surface area contributed by atoms with Crippen molar-refractivity contribution in [3.05, 3.63) is 29.8 Å². The van der Waals surface area contributed by atoms with E-state index in [0.29, 0.717) is 5.56 Å². The second-order valence-electron chi connectivity index (χ2n) is 2.22. The van der Waals surface area contributed by atoms with Crippen molar-refractivity contribution in [2.24, 2.45) is 0 Å². The molecule has 0 radical (unpaired) electrons. The topological polar surface area (TPSA) is 46.2 Å². The molecule has 12 heavy (non-hydrogen) atoms. The molecule has 1 rings (SSSR count). The van der Waals surface area contributed by atoms with Gasteiger partial charge in [0.1, 0.15) is 0 Å². The van der Waals surface area contributed by atoms with E-state index < -0.39 is 15.7 Å². The molecule has 0 fully saturated rings. The summed E-state index contributed by atoms with van der Waals surface area (Å²) >= 11 is -0.981. The molecular formula is C8H8AsNO2. The number of amides is 1. The van der Waals surface area contributed by atoms with Crippen LogP contribution in [0.15, 0.2) is 24.3 Å². The summed E-state index contributed by atoms with van der Waals surface area (Å²) in [6, 6.07) is 6.75. The Balaban J connectivity index is 2.91. The average molecular weight is 225 g/mol. The number of hydrogen-bond donors (Lipinski definition) is 1. The standard InChI is InChI=1S/C8H8AsNO2/c1-10-8(11)6-2-4-7(9-12)5-3-6/h2-5H,1H3,(H,10,11). The molecule has 1 amide bonds. The Labute approximate surface area is 77.1 Å². The van der Waals surface area contributed by atoms with Crippen LogP contribution in [0.3, 0.4) is 0 Å². The molecule has 1 aromatic rings. The first-order valence-corrected chi connectivity index (χ1v) is 5.14. The van der Waals surface area contributed by atoms with Crippen LogP contribution in [0, 0.1) is 0 Å². The van der Waals surface area contributed by atoms with Gasteiger partial charge in [0, 0.05) is 0 Å². The van der Waals surface area contributed by atoms with Crippen molar-refractivity contribution in [2.45, 2.75) is 0 Å². The molecule has 0 spiro atoms. The van der Waals surface area contributed by atoms with Crippen LogP contribution in [0.4, 0.5) is 0 Å². The summed E-state index contributed by atoms with van der Waals surface area (Å²) in [7, 11) is 1.58. The SMILES string of the molecule is CNC(=O)c1ccc([As]=O)cc1. The van der Waals surface area contributed by atoms with Gasteiger partial charge < -0.3 is 0 Å². The third-order valence-electron chi connectivity index (χ3n) is 1.46. The Bertz CT molecular complexity index is 294. The monoisotopic (exact) mass is 225 g/mol. The predicted octanol–water partition coefficient (Wildman–Crippen LogP) is -0.279. The summed E-state index contributed by atoms with van der Waals surface area (Å²) < 4.78 is 11.3. The van der Waals surface area contributed by atoms with Crippen LogP contribution < -0.4 is 9.67 Å². The second-order valence-corrected chi connectivity index (χ2v) is 3.68. The van der Waals surface area contributed by atoms with Gasteiger partial charge in [-0.15, -0.1) is 0 Å². The fraction of sp³-hybridized carbons (Fsp3) is 0.125. The van der Waals surface area contributed by atoms with E-state index in [9.17, 15) is 8.53 Å². The number of carbonyl (C=O) groups excluding carboxylic acids is 1. The van der Waals surface area contributed by atoms with E-state index in [-0.39, 0.29) is 5.91 Å². The van der Waals surface area contributed by atoms with Gasteiger partial charge >= 0.3 is 76.7 Å². The van der Waals surface area contributed by atoms with E-state index in [4.69, 9.17) is 0 Å². The third kappa shape index (κ3) is 2.02. The predicted molar refractivity (Wildman–Crippen MR) is 45.9 cm³/mol. The molecule has 1 N–H and O–H groups in total. The molecular weight excluding hydrogens is 217 g/mol. The molecule has 3 nitrogen and oxygen atoms in total. The summed E-state index contributed by atoms with van der Waals surface area (Å²) in [6.45, 7) is 0. The van der Waals surface area contributed by atoms with Crippen LogP contribution in [0.5, 0.6) is 0 Å². The van der Waals surface area contributed by atoms with Crippen molar-refractivity contribution in [1.29, 1.82) is 0 Å². The van der Waals surface area contributed by atoms with Crippen LogP contribution in [-0.4, -0.2) is 28.6 Å². The van der Waals surface area contributed by atoms with Gasteiger partial charge in [-0.1, -0.05) is 0 Å². The van der Waals surface area contributed by atoms with Crippen LogP contribution in [-0.2, 0) is 3.74 Å². The molecule has 0 heterocycles. The van der Waals surface area contributed by atoms with Crippen molar-refractivity contribution in [1.82, 2.24) is 5.32 Å². The maximum atomic E-state index is 11.0. The van der Waals surface area contributed by atoms with Crippen molar-refractivity contribution in [3.63, 3.8) is 0 Å². The molecule has 4 heteroatoms. The normalized spacial score (nSPS) is 9.75. The van der Waals surface area contributed by atoms with E-state index in [2.05, 4.69) is 5.32 Å². The van der Waals surface area contributed by atoms with Crippen LogP contribution in [0.25, 0.3) is 0 Å². The van der Waals surface area contributed by atoms with Gasteiger partial charge in [-0.25, -0.2) is 0 Å². The Morgan fingerprint density at radius 2 is 1.92 bits per heavy atom. The zero-order valence-corrected chi connectivity index (χ0v) is 8.45. The number of benzene rings is 1. The number of hydrogen-bond acceptors (Lipinski definition) is 2. The molecule has 0 saturated heterocycles. The first kappa shape index (κ1) is 9.14. The molecule has 0 saturated carbocycles. The Hall–Kier alpha value is -0.952. The van der Waals surface area contributed by atoms with Crippen molar-refractivity contribution in [3.8, 4) is 0 Å². The fourth-order valence-electron chi connectivity index (χ4n) is 0.818. The number of nitrogens with one attached hydrogen (secondary N) is 1. The number of carbonyl (C=O) groups is 1. The minimum atomic E-state index is -0.981. The molecule has 62 valence electrons. The van der Waals surface area contributed by atoms with E-state index in [1.54, 1.807) is 31.3 Å². The van der Waals surface area contributed by atoms with Gasteiger partial charge in [-0.3, -0.25) is 0 Å². The maximum absolute atomic E-state index is 11.0. The third-order valence-corrected chi connectivity index (χ3v) is 2.53. The van der Waals surface area contributed by atoms with Gasteiger partial charge in [-0.05, 0) is 0 Å². The van der Waals surface area contributed by atoms with E-state index in [1.165, 1.54) is 0 Å². The minimum absolute atomic E-state index is 0.122. The van der Waals surface area contributed by atoms with Crippen LogP contribution in [0.2, 0.25) is 0 Å². The first-order chi connectivity index (χ1) is 5.77. The number of rotatable bonds is 2. The average Bonchev–Trinajstić information content (AvgIpc) is 2.17. The molecule has 0 bridgehead atoms. The Morgan fingerprint density at radius 3 is 2.33 bits per heavy atom.